The minimum absolute atomic E-state index is 0.250. The zero-order valence-electron chi connectivity index (χ0n) is 9.30. The number of nitrogens with two attached hydrogens (primary N) is 1. The van der Waals surface area contributed by atoms with E-state index in [1.165, 1.54) is 0 Å². The van der Waals surface area contributed by atoms with Crippen LogP contribution in [0.1, 0.15) is 11.5 Å². The van der Waals surface area contributed by atoms with E-state index < -0.39 is 0 Å². The van der Waals surface area contributed by atoms with Crippen LogP contribution in [0.2, 0.25) is 0 Å². The molecule has 0 saturated carbocycles. The van der Waals surface area contributed by atoms with Crippen LogP contribution in [-0.4, -0.2) is 10.1 Å². The number of aromatic nitrogens is 2. The average Bonchev–Trinajstić information content (AvgIpc) is 2.96. The minimum Gasteiger partial charge on any atom is -0.464 e. The van der Waals surface area contributed by atoms with Crippen LogP contribution in [0.15, 0.2) is 33.4 Å². The Morgan fingerprint density at radius 3 is 3.00 bits per heavy atom. The van der Waals surface area contributed by atoms with Crippen molar-refractivity contribution < 1.29 is 8.94 Å². The van der Waals surface area contributed by atoms with Crippen molar-refractivity contribution >= 4 is 11.0 Å². The summed E-state index contributed by atoms with van der Waals surface area (Å²) in [6.07, 6.45) is 1.73. The monoisotopic (exact) mass is 229 g/mol. The van der Waals surface area contributed by atoms with E-state index in [9.17, 15) is 0 Å². The van der Waals surface area contributed by atoms with Crippen LogP contribution in [0.3, 0.4) is 0 Å². The molecular formula is C12H11N3O2. The first kappa shape index (κ1) is 10.0. The molecule has 17 heavy (non-hydrogen) atoms. The van der Waals surface area contributed by atoms with Crippen LogP contribution in [-0.2, 0) is 6.54 Å². The SMILES string of the molecule is Cc1coc2ccc(-c3noc(CN)n3)cc12. The third-order valence-electron chi connectivity index (χ3n) is 2.67. The summed E-state index contributed by atoms with van der Waals surface area (Å²) in [6, 6.07) is 5.78. The first-order valence-electron chi connectivity index (χ1n) is 5.29. The summed E-state index contributed by atoms with van der Waals surface area (Å²) in [5.74, 6) is 0.983. The number of nitrogens with zero attached hydrogens (tertiary/aromatic N) is 2. The van der Waals surface area contributed by atoms with Crippen molar-refractivity contribution in [2.45, 2.75) is 13.5 Å². The Kier molecular flexibility index (Phi) is 2.19. The highest BCUT2D eigenvalue weighted by Gasteiger charge is 2.09. The Morgan fingerprint density at radius 1 is 1.35 bits per heavy atom. The molecule has 0 aliphatic heterocycles. The maximum absolute atomic E-state index is 5.43. The highest BCUT2D eigenvalue weighted by molar-refractivity contribution is 5.85. The second-order valence-electron chi connectivity index (χ2n) is 3.85. The van der Waals surface area contributed by atoms with Crippen molar-refractivity contribution in [2.24, 2.45) is 5.73 Å². The van der Waals surface area contributed by atoms with E-state index in [4.69, 9.17) is 14.7 Å². The first-order chi connectivity index (χ1) is 8.28. The van der Waals surface area contributed by atoms with Crippen molar-refractivity contribution in [3.05, 3.63) is 35.9 Å². The Bertz CT molecular complexity index is 669. The standard InChI is InChI=1S/C12H11N3O2/c1-7-6-16-10-3-2-8(4-9(7)10)12-14-11(5-13)17-15-12/h2-4,6H,5,13H2,1H3. The topological polar surface area (TPSA) is 78.1 Å². The summed E-state index contributed by atoms with van der Waals surface area (Å²) >= 11 is 0. The highest BCUT2D eigenvalue weighted by atomic mass is 16.5. The van der Waals surface area contributed by atoms with Crippen LogP contribution in [0.25, 0.3) is 22.4 Å². The minimum atomic E-state index is 0.250. The molecule has 0 unspecified atom stereocenters. The van der Waals surface area contributed by atoms with Gasteiger partial charge in [-0.25, -0.2) is 0 Å². The van der Waals surface area contributed by atoms with Crippen LogP contribution in [0.4, 0.5) is 0 Å². The van der Waals surface area contributed by atoms with Gasteiger partial charge in [0.1, 0.15) is 5.58 Å². The maximum Gasteiger partial charge on any atom is 0.240 e. The fourth-order valence-corrected chi connectivity index (χ4v) is 1.75. The van der Waals surface area contributed by atoms with Gasteiger partial charge in [0.15, 0.2) is 0 Å². The summed E-state index contributed by atoms with van der Waals surface area (Å²) in [4.78, 5) is 4.19. The van der Waals surface area contributed by atoms with Crippen LogP contribution in [0, 0.1) is 6.92 Å². The summed E-state index contributed by atoms with van der Waals surface area (Å²) in [7, 11) is 0. The van der Waals surface area contributed by atoms with E-state index in [2.05, 4.69) is 10.1 Å². The molecule has 2 N–H and O–H groups in total. The number of furan rings is 1. The second-order valence-corrected chi connectivity index (χ2v) is 3.85. The first-order valence-corrected chi connectivity index (χ1v) is 5.29. The molecule has 0 aliphatic carbocycles. The highest BCUT2D eigenvalue weighted by Crippen LogP contribution is 2.25. The number of benzene rings is 1. The van der Waals surface area contributed by atoms with Gasteiger partial charge in [-0.1, -0.05) is 5.16 Å². The lowest BCUT2D eigenvalue weighted by Gasteiger charge is -1.94. The van der Waals surface area contributed by atoms with Crippen molar-refractivity contribution in [2.75, 3.05) is 0 Å². The molecule has 0 saturated heterocycles. The fourth-order valence-electron chi connectivity index (χ4n) is 1.75. The van der Waals surface area contributed by atoms with Gasteiger partial charge in [0.2, 0.25) is 11.7 Å². The molecule has 0 radical (unpaired) electrons. The van der Waals surface area contributed by atoms with Crippen molar-refractivity contribution in [1.82, 2.24) is 10.1 Å². The molecule has 0 bridgehead atoms. The van der Waals surface area contributed by atoms with E-state index in [-0.39, 0.29) is 6.54 Å². The van der Waals surface area contributed by atoms with Gasteiger partial charge in [0.25, 0.3) is 0 Å². The van der Waals surface area contributed by atoms with E-state index in [0.29, 0.717) is 11.7 Å². The summed E-state index contributed by atoms with van der Waals surface area (Å²) in [6.45, 7) is 2.25. The molecule has 5 heteroatoms. The van der Waals surface area contributed by atoms with Crippen molar-refractivity contribution in [1.29, 1.82) is 0 Å². The Morgan fingerprint density at radius 2 is 2.24 bits per heavy atom. The molecule has 2 aromatic heterocycles. The van der Waals surface area contributed by atoms with Crippen molar-refractivity contribution in [3.8, 4) is 11.4 Å². The fraction of sp³-hybridized carbons (Fsp3) is 0.167. The van der Waals surface area contributed by atoms with E-state index in [1.54, 1.807) is 6.26 Å². The van der Waals surface area contributed by atoms with Crippen LogP contribution < -0.4 is 5.73 Å². The van der Waals surface area contributed by atoms with Gasteiger partial charge in [-0.3, -0.25) is 0 Å². The molecular weight excluding hydrogens is 218 g/mol. The molecule has 3 aromatic rings. The second kappa shape index (κ2) is 3.71. The average molecular weight is 229 g/mol. The molecule has 3 rings (SSSR count). The lowest BCUT2D eigenvalue weighted by Crippen LogP contribution is -1.95. The number of hydrogen-bond acceptors (Lipinski definition) is 5. The number of fused-ring (bicyclic) bond motifs is 1. The normalized spacial score (nSPS) is 11.2. The molecule has 86 valence electrons. The molecule has 0 amide bonds. The quantitative estimate of drug-likeness (QED) is 0.729. The molecule has 0 aliphatic rings. The molecule has 0 spiro atoms. The van der Waals surface area contributed by atoms with E-state index >= 15 is 0 Å². The number of aryl methyl sites for hydroxylation is 1. The van der Waals surface area contributed by atoms with Crippen molar-refractivity contribution in [3.63, 3.8) is 0 Å². The summed E-state index contributed by atoms with van der Waals surface area (Å²) in [5, 5.41) is 4.94. The number of hydrogen-bond donors (Lipinski definition) is 1. The van der Waals surface area contributed by atoms with Gasteiger partial charge >= 0.3 is 0 Å². The summed E-state index contributed by atoms with van der Waals surface area (Å²) in [5.41, 5.74) is 8.26. The largest absolute Gasteiger partial charge is 0.464 e. The van der Waals surface area contributed by atoms with Gasteiger partial charge in [0.05, 0.1) is 12.8 Å². The molecule has 0 fully saturated rings. The van der Waals surface area contributed by atoms with E-state index in [0.717, 1.165) is 22.1 Å². The predicted molar refractivity (Wildman–Crippen MR) is 62.1 cm³/mol. The Hall–Kier alpha value is -2.14. The van der Waals surface area contributed by atoms with Crippen LogP contribution >= 0.6 is 0 Å². The molecule has 0 atom stereocenters. The molecule has 5 nitrogen and oxygen atoms in total. The number of rotatable bonds is 2. The third-order valence-corrected chi connectivity index (χ3v) is 2.67. The van der Waals surface area contributed by atoms with E-state index in [1.807, 2.05) is 25.1 Å². The smallest absolute Gasteiger partial charge is 0.240 e. The zero-order valence-corrected chi connectivity index (χ0v) is 9.30. The zero-order chi connectivity index (χ0) is 11.8. The van der Waals surface area contributed by atoms with Gasteiger partial charge < -0.3 is 14.7 Å². The Labute approximate surface area is 97.2 Å². The summed E-state index contributed by atoms with van der Waals surface area (Å²) < 4.78 is 10.4. The van der Waals surface area contributed by atoms with Crippen LogP contribution in [0.5, 0.6) is 0 Å². The predicted octanol–water partition coefficient (Wildman–Crippen LogP) is 2.25. The van der Waals surface area contributed by atoms with Gasteiger partial charge in [0, 0.05) is 10.9 Å². The van der Waals surface area contributed by atoms with Gasteiger partial charge in [-0.05, 0) is 30.7 Å². The third kappa shape index (κ3) is 1.60. The lowest BCUT2D eigenvalue weighted by atomic mass is 10.1. The maximum atomic E-state index is 5.43. The Balaban J connectivity index is 2.13. The molecule has 1 aromatic carbocycles. The van der Waals surface area contributed by atoms with Gasteiger partial charge in [-0.15, -0.1) is 0 Å². The van der Waals surface area contributed by atoms with Gasteiger partial charge in [-0.2, -0.15) is 4.98 Å². The lowest BCUT2D eigenvalue weighted by molar-refractivity contribution is 0.380. The molecule has 2 heterocycles.